The molecule has 1 aromatic carbocycles. The first-order valence-corrected chi connectivity index (χ1v) is 10.3. The second-order valence-corrected chi connectivity index (χ2v) is 8.74. The number of piperidine rings is 1. The van der Waals surface area contributed by atoms with Crippen molar-refractivity contribution in [2.75, 3.05) is 40.1 Å². The summed E-state index contributed by atoms with van der Waals surface area (Å²) >= 11 is 0. The van der Waals surface area contributed by atoms with Crippen LogP contribution in [-0.2, 0) is 11.2 Å². The Hall–Kier alpha value is -1.33. The number of methoxy groups -OCH3 is 1. The smallest absolute Gasteiger partial charge is 0.161 e. The van der Waals surface area contributed by atoms with Crippen molar-refractivity contribution in [3.8, 4) is 11.5 Å². The molecular weight excluding hydrogens is 344 g/mol. The molecule has 1 spiro atoms. The highest BCUT2D eigenvalue weighted by molar-refractivity contribution is 5.50. The molecule has 0 aromatic heterocycles. The first-order valence-electron chi connectivity index (χ1n) is 10.3. The summed E-state index contributed by atoms with van der Waals surface area (Å²) < 4.78 is 29.8. The number of ether oxygens (including phenoxy) is 3. The SMILES string of the molecule is COc1cc2c(cc1OCCC[18F])CCN1C[C@@H](CC(C)C)C3(CO3)C[C@H]21. The van der Waals surface area contributed by atoms with Gasteiger partial charge in [-0.15, -0.1) is 0 Å². The Balaban J connectivity index is 1.58. The van der Waals surface area contributed by atoms with Crippen LogP contribution in [-0.4, -0.2) is 50.6 Å². The van der Waals surface area contributed by atoms with Gasteiger partial charge in [-0.2, -0.15) is 0 Å². The highest BCUT2D eigenvalue weighted by Crippen LogP contribution is 2.53. The molecule has 5 heteroatoms. The van der Waals surface area contributed by atoms with Crippen molar-refractivity contribution in [2.24, 2.45) is 11.8 Å². The molecule has 0 amide bonds. The molecule has 1 aromatic rings. The lowest BCUT2D eigenvalue weighted by Gasteiger charge is -2.47. The first-order chi connectivity index (χ1) is 13.1. The van der Waals surface area contributed by atoms with Crippen molar-refractivity contribution in [1.82, 2.24) is 4.90 Å². The van der Waals surface area contributed by atoms with Gasteiger partial charge in [0.1, 0.15) is 0 Å². The van der Waals surface area contributed by atoms with E-state index in [0.29, 0.717) is 30.9 Å². The molecule has 3 atom stereocenters. The Labute approximate surface area is 162 Å². The first kappa shape index (κ1) is 19.0. The topological polar surface area (TPSA) is 34.2 Å². The van der Waals surface area contributed by atoms with Crippen LogP contribution in [0.25, 0.3) is 0 Å². The van der Waals surface area contributed by atoms with Gasteiger partial charge in [-0.3, -0.25) is 9.29 Å². The van der Waals surface area contributed by atoms with Gasteiger partial charge in [0.2, 0.25) is 0 Å². The van der Waals surface area contributed by atoms with E-state index in [2.05, 4.69) is 30.9 Å². The number of epoxide rings is 1. The predicted octanol–water partition coefficient (Wildman–Crippen LogP) is 4.17. The third-order valence-corrected chi connectivity index (χ3v) is 6.44. The second kappa shape index (κ2) is 7.59. The van der Waals surface area contributed by atoms with Crippen LogP contribution in [0.1, 0.15) is 50.3 Å². The van der Waals surface area contributed by atoms with Crippen LogP contribution in [0, 0.1) is 11.8 Å². The molecule has 0 aliphatic carbocycles. The van der Waals surface area contributed by atoms with E-state index >= 15 is 0 Å². The maximum atomic E-state index is 12.4. The van der Waals surface area contributed by atoms with Crippen LogP contribution >= 0.6 is 0 Å². The average Bonchev–Trinajstić information content (AvgIpc) is 3.42. The molecule has 3 heterocycles. The highest BCUT2D eigenvalue weighted by atomic mass is 18.2. The quantitative estimate of drug-likeness (QED) is 0.528. The summed E-state index contributed by atoms with van der Waals surface area (Å²) in [4.78, 5) is 2.64. The van der Waals surface area contributed by atoms with Gasteiger partial charge in [-0.1, -0.05) is 13.8 Å². The van der Waals surface area contributed by atoms with Crippen LogP contribution in [0.15, 0.2) is 12.1 Å². The minimum atomic E-state index is -0.357. The number of halogens is 1. The summed E-state index contributed by atoms with van der Waals surface area (Å²) in [6.45, 7) is 7.76. The van der Waals surface area contributed by atoms with E-state index in [-0.39, 0.29) is 12.3 Å². The van der Waals surface area contributed by atoms with E-state index in [1.807, 2.05) is 0 Å². The zero-order chi connectivity index (χ0) is 19.0. The zero-order valence-electron chi connectivity index (χ0n) is 16.8. The van der Waals surface area contributed by atoms with Gasteiger partial charge in [-0.05, 0) is 48.4 Å². The van der Waals surface area contributed by atoms with Crippen LogP contribution in [0.2, 0.25) is 0 Å². The molecule has 1 unspecified atom stereocenters. The third-order valence-electron chi connectivity index (χ3n) is 6.44. The third kappa shape index (κ3) is 3.68. The molecule has 0 bridgehead atoms. The van der Waals surface area contributed by atoms with Crippen molar-refractivity contribution in [2.45, 2.75) is 51.2 Å². The number of rotatable bonds is 7. The molecule has 2 saturated heterocycles. The summed E-state index contributed by atoms with van der Waals surface area (Å²) in [5, 5.41) is 0. The molecule has 0 N–H and O–H groups in total. The van der Waals surface area contributed by atoms with Gasteiger partial charge in [0.15, 0.2) is 11.5 Å². The summed E-state index contributed by atoms with van der Waals surface area (Å²) in [6, 6.07) is 4.66. The van der Waals surface area contributed by atoms with Crippen LogP contribution in [0.3, 0.4) is 0 Å². The van der Waals surface area contributed by atoms with Crippen LogP contribution in [0.5, 0.6) is 11.5 Å². The number of nitrogens with zero attached hydrogens (tertiary/aromatic N) is 1. The highest BCUT2D eigenvalue weighted by Gasteiger charge is 2.57. The second-order valence-electron chi connectivity index (χ2n) is 8.74. The Kier molecular flexibility index (Phi) is 5.34. The molecule has 4 nitrogen and oxygen atoms in total. The fourth-order valence-corrected chi connectivity index (χ4v) is 4.98. The van der Waals surface area contributed by atoms with Gasteiger partial charge in [-0.25, -0.2) is 0 Å². The maximum absolute atomic E-state index is 12.4. The fourth-order valence-electron chi connectivity index (χ4n) is 4.98. The molecule has 0 radical (unpaired) electrons. The van der Waals surface area contributed by atoms with E-state index in [1.165, 1.54) is 17.5 Å². The summed E-state index contributed by atoms with van der Waals surface area (Å²) in [7, 11) is 1.68. The summed E-state index contributed by atoms with van der Waals surface area (Å²) in [5.41, 5.74) is 2.78. The number of hydrogen-bond acceptors (Lipinski definition) is 4. The van der Waals surface area contributed by atoms with E-state index in [9.17, 15) is 4.39 Å². The Morgan fingerprint density at radius 3 is 2.81 bits per heavy atom. The van der Waals surface area contributed by atoms with Crippen molar-refractivity contribution in [3.63, 3.8) is 0 Å². The summed E-state index contributed by atoms with van der Waals surface area (Å²) in [5.74, 6) is 2.84. The monoisotopic (exact) mass is 376 g/mol. The molecule has 4 rings (SSSR count). The molecule has 3 aliphatic heterocycles. The van der Waals surface area contributed by atoms with Crippen molar-refractivity contribution in [1.29, 1.82) is 0 Å². The normalized spacial score (nSPS) is 29.5. The minimum absolute atomic E-state index is 0.0869. The van der Waals surface area contributed by atoms with Gasteiger partial charge < -0.3 is 14.2 Å². The van der Waals surface area contributed by atoms with Crippen LogP contribution < -0.4 is 9.47 Å². The van der Waals surface area contributed by atoms with Gasteiger partial charge in [0.05, 0.1) is 32.6 Å². The Morgan fingerprint density at radius 1 is 1.33 bits per heavy atom. The molecule has 0 saturated carbocycles. The van der Waals surface area contributed by atoms with Crippen molar-refractivity contribution < 1.29 is 18.6 Å². The summed E-state index contributed by atoms with van der Waals surface area (Å²) in [6.07, 6.45) is 3.74. The predicted molar refractivity (Wildman–Crippen MR) is 103 cm³/mol. The maximum Gasteiger partial charge on any atom is 0.161 e. The van der Waals surface area contributed by atoms with E-state index in [4.69, 9.17) is 14.2 Å². The number of benzene rings is 1. The molecular formula is C22H32FNO3. The van der Waals surface area contributed by atoms with E-state index in [0.717, 1.165) is 44.0 Å². The van der Waals surface area contributed by atoms with Crippen LogP contribution in [0.4, 0.5) is 4.39 Å². The number of fused-ring (bicyclic) bond motifs is 3. The standard InChI is InChI=1S/C22H32FNO3/c1-15(2)9-17-13-24-7-5-16-10-21(26-8-4-6-23)20(25-3)11-18(16)19(24)12-22(17)14-27-22/h10-11,15,17,19H,4-9,12-14H2,1-3H3/t17-,19-,22?/m1/s1/i23-1. The molecule has 2 fully saturated rings. The minimum Gasteiger partial charge on any atom is -0.493 e. The Morgan fingerprint density at radius 2 is 2.15 bits per heavy atom. The molecule has 3 aliphatic rings. The molecule has 27 heavy (non-hydrogen) atoms. The van der Waals surface area contributed by atoms with Gasteiger partial charge in [0, 0.05) is 31.5 Å². The lowest BCUT2D eigenvalue weighted by atomic mass is 9.74. The fraction of sp³-hybridized carbons (Fsp3) is 0.727. The van der Waals surface area contributed by atoms with E-state index < -0.39 is 0 Å². The number of alkyl halides is 1. The molecule has 150 valence electrons. The lowest BCUT2D eigenvalue weighted by Crippen LogP contribution is -2.50. The Bertz CT molecular complexity index is 674. The van der Waals surface area contributed by atoms with Gasteiger partial charge >= 0.3 is 0 Å². The average molecular weight is 377 g/mol. The largest absolute Gasteiger partial charge is 0.493 e. The van der Waals surface area contributed by atoms with Crippen molar-refractivity contribution >= 4 is 0 Å². The van der Waals surface area contributed by atoms with Crippen molar-refractivity contribution in [3.05, 3.63) is 23.3 Å². The van der Waals surface area contributed by atoms with E-state index in [1.54, 1.807) is 7.11 Å². The zero-order valence-corrected chi connectivity index (χ0v) is 16.8. The van der Waals surface area contributed by atoms with Gasteiger partial charge in [0.25, 0.3) is 0 Å². The lowest BCUT2D eigenvalue weighted by molar-refractivity contribution is 0.0224. The number of hydrogen-bond donors (Lipinski definition) is 0.